The number of piperidine rings is 1. The summed E-state index contributed by atoms with van der Waals surface area (Å²) < 4.78 is 15.6. The van der Waals surface area contributed by atoms with Crippen molar-refractivity contribution < 1.29 is 9.18 Å². The highest BCUT2D eigenvalue weighted by Crippen LogP contribution is 2.22. The molecule has 1 N–H and O–H groups in total. The van der Waals surface area contributed by atoms with Crippen LogP contribution in [0.1, 0.15) is 32.1 Å². The highest BCUT2D eigenvalue weighted by atomic mass is 19.1. The Morgan fingerprint density at radius 3 is 2.96 bits per heavy atom. The molecule has 1 saturated heterocycles. The largest absolute Gasteiger partial charge is 0.324 e. The van der Waals surface area contributed by atoms with E-state index in [9.17, 15) is 9.18 Å². The minimum Gasteiger partial charge on any atom is -0.324 e. The molecule has 140 valence electrons. The van der Waals surface area contributed by atoms with Crippen molar-refractivity contribution in [3.05, 3.63) is 48.5 Å². The third kappa shape index (κ3) is 5.66. The molecule has 2 heterocycles. The number of carbonyl (C=O) groups is 1. The molecule has 5 nitrogen and oxygen atoms in total. The van der Waals surface area contributed by atoms with Gasteiger partial charge in [-0.1, -0.05) is 12.1 Å². The Kier molecular flexibility index (Phi) is 6.77. The van der Waals surface area contributed by atoms with Crippen LogP contribution in [0.5, 0.6) is 0 Å². The lowest BCUT2D eigenvalue weighted by Crippen LogP contribution is -2.36. The highest BCUT2D eigenvalue weighted by Gasteiger charge is 2.20. The molecule has 3 rings (SSSR count). The SMILES string of the molecule is O=C(CC[C@@H]1CCCN(CCCn2cccn2)C1)Nc1ccccc1F. The average molecular weight is 358 g/mol. The molecule has 26 heavy (non-hydrogen) atoms. The van der Waals surface area contributed by atoms with E-state index in [1.807, 2.05) is 23.1 Å². The quantitative estimate of drug-likeness (QED) is 0.785. The van der Waals surface area contributed by atoms with E-state index in [4.69, 9.17) is 0 Å². The third-order valence-electron chi connectivity index (χ3n) is 4.95. The molecule has 0 bridgehead atoms. The zero-order chi connectivity index (χ0) is 18.2. The van der Waals surface area contributed by atoms with Crippen LogP contribution in [0, 0.1) is 11.7 Å². The summed E-state index contributed by atoms with van der Waals surface area (Å²) in [5.74, 6) is 0.0487. The van der Waals surface area contributed by atoms with E-state index in [1.165, 1.54) is 18.9 Å². The van der Waals surface area contributed by atoms with Crippen molar-refractivity contribution in [3.63, 3.8) is 0 Å². The fourth-order valence-electron chi connectivity index (χ4n) is 3.59. The number of aryl methyl sites for hydroxylation is 1. The van der Waals surface area contributed by atoms with Crippen molar-refractivity contribution in [2.24, 2.45) is 5.92 Å². The number of hydrogen-bond donors (Lipinski definition) is 1. The van der Waals surface area contributed by atoms with Gasteiger partial charge in [0.25, 0.3) is 0 Å². The third-order valence-corrected chi connectivity index (χ3v) is 4.95. The first-order chi connectivity index (χ1) is 12.7. The molecule has 0 saturated carbocycles. The van der Waals surface area contributed by atoms with E-state index < -0.39 is 0 Å². The summed E-state index contributed by atoms with van der Waals surface area (Å²) in [7, 11) is 0. The molecule has 1 aliphatic rings. The van der Waals surface area contributed by atoms with Crippen LogP contribution >= 0.6 is 0 Å². The molecular weight excluding hydrogens is 331 g/mol. The maximum absolute atomic E-state index is 13.6. The van der Waals surface area contributed by atoms with Crippen LogP contribution in [0.4, 0.5) is 10.1 Å². The van der Waals surface area contributed by atoms with Gasteiger partial charge in [0.1, 0.15) is 5.82 Å². The Labute approximate surface area is 154 Å². The molecule has 1 amide bonds. The van der Waals surface area contributed by atoms with Crippen LogP contribution in [0.2, 0.25) is 0 Å². The second kappa shape index (κ2) is 9.48. The second-order valence-electron chi connectivity index (χ2n) is 7.00. The number of carbonyl (C=O) groups excluding carboxylic acids is 1. The number of likely N-dealkylation sites (tertiary alicyclic amines) is 1. The molecule has 1 fully saturated rings. The Morgan fingerprint density at radius 2 is 2.15 bits per heavy atom. The van der Waals surface area contributed by atoms with Crippen LogP contribution in [0.25, 0.3) is 0 Å². The molecule has 0 radical (unpaired) electrons. The molecule has 1 aromatic heterocycles. The van der Waals surface area contributed by atoms with Crippen LogP contribution in [-0.2, 0) is 11.3 Å². The molecular formula is C20H27FN4O. The van der Waals surface area contributed by atoms with Gasteiger partial charge in [0.15, 0.2) is 0 Å². The summed E-state index contributed by atoms with van der Waals surface area (Å²) in [6, 6.07) is 8.24. The summed E-state index contributed by atoms with van der Waals surface area (Å²) in [6.07, 6.45) is 8.54. The maximum Gasteiger partial charge on any atom is 0.224 e. The first-order valence-electron chi connectivity index (χ1n) is 9.45. The number of nitrogens with zero attached hydrogens (tertiary/aromatic N) is 3. The minimum absolute atomic E-state index is 0.106. The van der Waals surface area contributed by atoms with E-state index in [0.29, 0.717) is 12.3 Å². The number of halogens is 1. The van der Waals surface area contributed by atoms with Crippen LogP contribution in [-0.4, -0.2) is 40.2 Å². The summed E-state index contributed by atoms with van der Waals surface area (Å²) in [5.41, 5.74) is 0.265. The number of nitrogens with one attached hydrogen (secondary N) is 1. The number of benzene rings is 1. The van der Waals surface area contributed by atoms with Gasteiger partial charge in [-0.2, -0.15) is 5.10 Å². The number of hydrogen-bond acceptors (Lipinski definition) is 3. The summed E-state index contributed by atoms with van der Waals surface area (Å²) in [5, 5.41) is 6.90. The van der Waals surface area contributed by atoms with E-state index in [-0.39, 0.29) is 17.4 Å². The van der Waals surface area contributed by atoms with Gasteiger partial charge in [-0.15, -0.1) is 0 Å². The van der Waals surface area contributed by atoms with Gasteiger partial charge >= 0.3 is 0 Å². The van der Waals surface area contributed by atoms with E-state index in [2.05, 4.69) is 15.3 Å². The summed E-state index contributed by atoms with van der Waals surface area (Å²) in [6.45, 7) is 4.19. The van der Waals surface area contributed by atoms with Crippen molar-refractivity contribution >= 4 is 11.6 Å². The average Bonchev–Trinajstić information content (AvgIpc) is 3.16. The van der Waals surface area contributed by atoms with E-state index >= 15 is 0 Å². The molecule has 0 spiro atoms. The monoisotopic (exact) mass is 358 g/mol. The second-order valence-corrected chi connectivity index (χ2v) is 7.00. The van der Waals surface area contributed by atoms with Crippen LogP contribution in [0.3, 0.4) is 0 Å². The van der Waals surface area contributed by atoms with Gasteiger partial charge in [-0.3, -0.25) is 9.48 Å². The fraction of sp³-hybridized carbons (Fsp3) is 0.500. The van der Waals surface area contributed by atoms with Crippen LogP contribution < -0.4 is 5.32 Å². The molecule has 6 heteroatoms. The fourth-order valence-corrected chi connectivity index (χ4v) is 3.59. The molecule has 1 aliphatic heterocycles. The van der Waals surface area contributed by atoms with Crippen molar-refractivity contribution in [2.45, 2.75) is 38.6 Å². The number of aromatic nitrogens is 2. The van der Waals surface area contributed by atoms with Gasteiger partial charge < -0.3 is 10.2 Å². The Morgan fingerprint density at radius 1 is 1.27 bits per heavy atom. The lowest BCUT2D eigenvalue weighted by molar-refractivity contribution is -0.116. The Bertz CT molecular complexity index is 689. The number of rotatable bonds is 8. The molecule has 2 aromatic rings. The Hall–Kier alpha value is -2.21. The first kappa shape index (κ1) is 18.6. The topological polar surface area (TPSA) is 50.2 Å². The zero-order valence-electron chi connectivity index (χ0n) is 15.1. The highest BCUT2D eigenvalue weighted by molar-refractivity contribution is 5.90. The van der Waals surface area contributed by atoms with Gasteiger partial charge in [-0.05, 0) is 62.9 Å². The molecule has 1 atom stereocenters. The number of amides is 1. The maximum atomic E-state index is 13.6. The normalized spacial score (nSPS) is 18.0. The van der Waals surface area contributed by atoms with E-state index in [0.717, 1.165) is 39.0 Å². The molecule has 0 unspecified atom stereocenters. The van der Waals surface area contributed by atoms with Crippen molar-refractivity contribution in [1.82, 2.24) is 14.7 Å². The number of anilines is 1. The molecule has 0 aliphatic carbocycles. The van der Waals surface area contributed by atoms with E-state index in [1.54, 1.807) is 18.2 Å². The van der Waals surface area contributed by atoms with Gasteiger partial charge in [-0.25, -0.2) is 4.39 Å². The predicted octanol–water partition coefficient (Wildman–Crippen LogP) is 3.54. The van der Waals surface area contributed by atoms with Crippen LogP contribution in [0.15, 0.2) is 42.7 Å². The van der Waals surface area contributed by atoms with Gasteiger partial charge in [0.05, 0.1) is 5.69 Å². The van der Waals surface area contributed by atoms with Crippen molar-refractivity contribution in [3.8, 4) is 0 Å². The number of para-hydroxylation sites is 1. The predicted molar refractivity (Wildman–Crippen MR) is 100 cm³/mol. The Balaban J connectivity index is 1.36. The lowest BCUT2D eigenvalue weighted by atomic mass is 9.93. The zero-order valence-corrected chi connectivity index (χ0v) is 15.1. The van der Waals surface area contributed by atoms with Gasteiger partial charge in [0, 0.05) is 31.9 Å². The lowest BCUT2D eigenvalue weighted by Gasteiger charge is -2.32. The smallest absolute Gasteiger partial charge is 0.224 e. The summed E-state index contributed by atoms with van der Waals surface area (Å²) >= 11 is 0. The minimum atomic E-state index is -0.387. The van der Waals surface area contributed by atoms with Crippen molar-refractivity contribution in [2.75, 3.05) is 25.0 Å². The molecule has 1 aromatic carbocycles. The summed E-state index contributed by atoms with van der Waals surface area (Å²) in [4.78, 5) is 14.6. The first-order valence-corrected chi connectivity index (χ1v) is 9.45. The van der Waals surface area contributed by atoms with Crippen molar-refractivity contribution in [1.29, 1.82) is 0 Å². The van der Waals surface area contributed by atoms with Gasteiger partial charge in [0.2, 0.25) is 5.91 Å². The standard InChI is InChI=1S/C20H27FN4O/c21-18-7-1-2-8-19(18)23-20(26)10-9-17-6-3-12-24(16-17)13-5-15-25-14-4-11-22-25/h1-2,4,7-8,11,14,17H,3,5-6,9-10,12-13,15-16H2,(H,23,26)/t17-/m0/s1.